The van der Waals surface area contributed by atoms with E-state index in [0.29, 0.717) is 0 Å². The van der Waals surface area contributed by atoms with Crippen molar-refractivity contribution in [2.24, 2.45) is 0 Å². The molecule has 0 heterocycles. The summed E-state index contributed by atoms with van der Waals surface area (Å²) in [6.07, 6.45) is 20.0. The Balaban J connectivity index is 0.000000167. The van der Waals surface area contributed by atoms with Crippen LogP contribution in [0.3, 0.4) is 0 Å². The Labute approximate surface area is 78.9 Å². The van der Waals surface area contributed by atoms with Crippen molar-refractivity contribution in [2.75, 3.05) is 0 Å². The van der Waals surface area contributed by atoms with E-state index in [1.807, 2.05) is 24.3 Å². The van der Waals surface area contributed by atoms with E-state index in [1.165, 1.54) is 0 Å². The second-order valence-electron chi connectivity index (χ2n) is 2.02. The van der Waals surface area contributed by atoms with Gasteiger partial charge in [-0.1, -0.05) is 0 Å². The second-order valence-corrected chi connectivity index (χ2v) is 2.02. The fraction of sp³-hybridized carbons (Fsp3) is 0.200. The first-order valence-electron chi connectivity index (χ1n) is 3.45. The Morgan fingerprint density at radius 2 is 1.27 bits per heavy atom. The molecule has 1 radical (unpaired) electrons. The summed E-state index contributed by atoms with van der Waals surface area (Å²) in [4.78, 5) is 0. The van der Waals surface area contributed by atoms with Crippen LogP contribution in [-0.4, -0.2) is 0 Å². The summed E-state index contributed by atoms with van der Waals surface area (Å²) in [6, 6.07) is 0. The molecule has 0 bridgehead atoms. The maximum Gasteiger partial charge on any atom is 2.00 e. The van der Waals surface area contributed by atoms with Crippen molar-refractivity contribution in [3.63, 3.8) is 0 Å². The van der Waals surface area contributed by atoms with Gasteiger partial charge < -0.3 is 0 Å². The predicted octanol–water partition coefficient (Wildman–Crippen LogP) is 2.61. The summed E-state index contributed by atoms with van der Waals surface area (Å²) < 4.78 is 0. The molecule has 0 N–H and O–H groups in total. The van der Waals surface area contributed by atoms with Crippen LogP contribution in [0.4, 0.5) is 0 Å². The molecule has 0 amide bonds. The van der Waals surface area contributed by atoms with E-state index in [2.05, 4.69) is 24.3 Å². The average Bonchev–Trinajstić information content (AvgIpc) is 2.67. The standard InChI is InChI=1S/2C5H5.Mn/c2*1-2-4-5-3-1;/h2*1-2,5H,3H2;/q2*-1;+2. The van der Waals surface area contributed by atoms with Crippen LogP contribution in [0.25, 0.3) is 0 Å². The average molecular weight is 185 g/mol. The molecular weight excluding hydrogens is 175 g/mol. The molecule has 57 valence electrons. The molecule has 0 aromatic carbocycles. The summed E-state index contributed by atoms with van der Waals surface area (Å²) in [5, 5.41) is 0. The van der Waals surface area contributed by atoms with Gasteiger partial charge in [0.25, 0.3) is 0 Å². The van der Waals surface area contributed by atoms with Crippen LogP contribution in [0.2, 0.25) is 0 Å². The van der Waals surface area contributed by atoms with Gasteiger partial charge in [-0.05, 0) is 0 Å². The minimum Gasteiger partial charge on any atom is -0.256 e. The van der Waals surface area contributed by atoms with Gasteiger partial charge in [-0.15, -0.1) is 12.8 Å². The van der Waals surface area contributed by atoms with Crippen LogP contribution in [0, 0.1) is 12.2 Å². The molecule has 0 saturated heterocycles. The molecule has 0 aromatic rings. The van der Waals surface area contributed by atoms with Crippen LogP contribution in [0.1, 0.15) is 12.8 Å². The Bertz CT molecular complexity index is 143. The molecule has 0 fully saturated rings. The van der Waals surface area contributed by atoms with E-state index in [-0.39, 0.29) is 17.1 Å². The molecule has 11 heavy (non-hydrogen) atoms. The first-order chi connectivity index (χ1) is 5.00. The Kier molecular flexibility index (Phi) is 7.23. The second kappa shape index (κ2) is 7.58. The van der Waals surface area contributed by atoms with Crippen LogP contribution in [0.5, 0.6) is 0 Å². The third-order valence-corrected chi connectivity index (χ3v) is 1.17. The van der Waals surface area contributed by atoms with Crippen molar-refractivity contribution in [2.45, 2.75) is 12.8 Å². The van der Waals surface area contributed by atoms with E-state index < -0.39 is 0 Å². The number of allylic oxidation sites excluding steroid dienone is 8. The van der Waals surface area contributed by atoms with Gasteiger partial charge >= 0.3 is 17.1 Å². The van der Waals surface area contributed by atoms with Crippen molar-refractivity contribution in [3.8, 4) is 0 Å². The molecule has 2 rings (SSSR count). The third kappa shape index (κ3) is 5.90. The van der Waals surface area contributed by atoms with Gasteiger partial charge in [-0.3, -0.25) is 12.2 Å². The van der Waals surface area contributed by atoms with Gasteiger partial charge in [0.05, 0.1) is 0 Å². The Morgan fingerprint density at radius 1 is 0.818 bits per heavy atom. The van der Waals surface area contributed by atoms with Crippen LogP contribution < -0.4 is 0 Å². The van der Waals surface area contributed by atoms with Crippen LogP contribution in [-0.2, 0) is 17.1 Å². The minimum absolute atomic E-state index is 0. The van der Waals surface area contributed by atoms with Crippen molar-refractivity contribution in [3.05, 3.63) is 48.6 Å². The molecule has 0 spiro atoms. The fourth-order valence-electron chi connectivity index (χ4n) is 0.680. The SMILES string of the molecule is [C-]1=CCC=C1.[C-]1=CCC=C1.[Mn+2]. The summed E-state index contributed by atoms with van der Waals surface area (Å²) in [5.41, 5.74) is 0. The normalized spacial score (nSPS) is 16.0. The first-order valence-corrected chi connectivity index (χ1v) is 3.45. The van der Waals surface area contributed by atoms with Crippen molar-refractivity contribution >= 4 is 0 Å². The quantitative estimate of drug-likeness (QED) is 0.402. The maximum atomic E-state index is 2.92. The van der Waals surface area contributed by atoms with E-state index in [1.54, 1.807) is 0 Å². The zero-order chi connectivity index (χ0) is 7.07. The van der Waals surface area contributed by atoms with E-state index >= 15 is 0 Å². The Morgan fingerprint density at radius 3 is 1.36 bits per heavy atom. The van der Waals surface area contributed by atoms with Crippen molar-refractivity contribution < 1.29 is 17.1 Å². The largest absolute Gasteiger partial charge is 2.00 e. The molecule has 0 unspecified atom stereocenters. The van der Waals surface area contributed by atoms with E-state index in [9.17, 15) is 0 Å². The van der Waals surface area contributed by atoms with E-state index in [4.69, 9.17) is 0 Å². The van der Waals surface area contributed by atoms with Gasteiger partial charge in [-0.25, -0.2) is 24.3 Å². The number of hydrogen-bond donors (Lipinski definition) is 0. The molecule has 0 aromatic heterocycles. The van der Waals surface area contributed by atoms with Gasteiger partial charge in [-0.2, -0.15) is 12.2 Å². The zero-order valence-electron chi connectivity index (χ0n) is 6.26. The van der Waals surface area contributed by atoms with Crippen molar-refractivity contribution in [1.29, 1.82) is 0 Å². The molecule has 0 saturated carbocycles. The van der Waals surface area contributed by atoms with Crippen LogP contribution >= 0.6 is 0 Å². The zero-order valence-corrected chi connectivity index (χ0v) is 7.44. The predicted molar refractivity (Wildman–Crippen MR) is 43.1 cm³/mol. The van der Waals surface area contributed by atoms with Gasteiger partial charge in [0, 0.05) is 0 Å². The summed E-state index contributed by atoms with van der Waals surface area (Å²) in [7, 11) is 0. The number of hydrogen-bond acceptors (Lipinski definition) is 0. The maximum absolute atomic E-state index is 2.92. The van der Waals surface area contributed by atoms with Gasteiger partial charge in [0.1, 0.15) is 0 Å². The minimum atomic E-state index is 0. The molecule has 0 nitrogen and oxygen atoms in total. The number of rotatable bonds is 0. The van der Waals surface area contributed by atoms with Gasteiger partial charge in [0.15, 0.2) is 0 Å². The topological polar surface area (TPSA) is 0 Å². The summed E-state index contributed by atoms with van der Waals surface area (Å²) >= 11 is 0. The third-order valence-electron chi connectivity index (χ3n) is 1.17. The molecule has 2 aliphatic carbocycles. The fourth-order valence-corrected chi connectivity index (χ4v) is 0.680. The van der Waals surface area contributed by atoms with Gasteiger partial charge in [0.2, 0.25) is 0 Å². The molecule has 0 aliphatic heterocycles. The van der Waals surface area contributed by atoms with E-state index in [0.717, 1.165) is 12.8 Å². The molecule has 1 heteroatoms. The monoisotopic (exact) mass is 185 g/mol. The summed E-state index contributed by atoms with van der Waals surface area (Å²) in [6.45, 7) is 0. The first kappa shape index (κ1) is 10.5. The van der Waals surface area contributed by atoms with Crippen LogP contribution in [0.15, 0.2) is 36.5 Å². The smallest absolute Gasteiger partial charge is 0.256 e. The van der Waals surface area contributed by atoms with Crippen molar-refractivity contribution in [1.82, 2.24) is 0 Å². The molecular formula is C10H10Mn. The molecule has 2 aliphatic rings. The summed E-state index contributed by atoms with van der Waals surface area (Å²) in [5.74, 6) is 0. The Hall–Kier alpha value is -0.521. The molecule has 0 atom stereocenters.